The fourth-order valence-corrected chi connectivity index (χ4v) is 5.66. The number of hydrogen-bond acceptors (Lipinski definition) is 8. The SMILES string of the molecule is CC[C@@H]1CN2CC[C@@]3(O)C(=Nc4ccc(OC)c(OC)c43)[C@@H]2C[C@@H]1C(=COC)C(=O)OC. The van der Waals surface area contributed by atoms with E-state index in [1.165, 1.54) is 20.5 Å². The van der Waals surface area contributed by atoms with Gasteiger partial charge in [0.15, 0.2) is 11.5 Å². The standard InChI is InChI=1S/C24H32N2O6/c1-6-14-12-26-10-9-24(28)20-17(7-8-19(30-3)21(20)31-4)25-22(24)18(26)11-15(14)16(13-29-2)23(27)32-5/h7-8,13-15,18,28H,6,9-12H2,1-5H3/t14-,15+,18+,24+/m1/s1. The Bertz CT molecular complexity index is 958. The van der Waals surface area contributed by atoms with Crippen molar-refractivity contribution in [2.75, 3.05) is 41.5 Å². The van der Waals surface area contributed by atoms with Crippen molar-refractivity contribution in [2.24, 2.45) is 16.8 Å². The summed E-state index contributed by atoms with van der Waals surface area (Å²) in [5.74, 6) is 0.934. The highest BCUT2D eigenvalue weighted by molar-refractivity contribution is 6.05. The molecule has 0 spiro atoms. The van der Waals surface area contributed by atoms with Crippen molar-refractivity contribution in [1.29, 1.82) is 0 Å². The zero-order valence-electron chi connectivity index (χ0n) is 19.4. The van der Waals surface area contributed by atoms with E-state index < -0.39 is 5.60 Å². The molecule has 4 atom stereocenters. The number of carbonyl (C=O) groups is 1. The topological polar surface area (TPSA) is 89.8 Å². The highest BCUT2D eigenvalue weighted by Gasteiger charge is 2.54. The molecule has 174 valence electrons. The largest absolute Gasteiger partial charge is 0.504 e. The van der Waals surface area contributed by atoms with Gasteiger partial charge in [0.25, 0.3) is 0 Å². The van der Waals surface area contributed by atoms with Crippen LogP contribution in [0.2, 0.25) is 0 Å². The van der Waals surface area contributed by atoms with Crippen molar-refractivity contribution < 1.29 is 28.8 Å². The first-order valence-electron chi connectivity index (χ1n) is 11.1. The van der Waals surface area contributed by atoms with Crippen molar-refractivity contribution >= 4 is 17.4 Å². The van der Waals surface area contributed by atoms with Crippen molar-refractivity contribution in [3.63, 3.8) is 0 Å². The molecular weight excluding hydrogens is 412 g/mol. The molecule has 3 heterocycles. The van der Waals surface area contributed by atoms with Crippen LogP contribution < -0.4 is 9.47 Å². The Balaban J connectivity index is 1.74. The lowest BCUT2D eigenvalue weighted by atomic mass is 9.70. The first-order chi connectivity index (χ1) is 15.4. The number of aliphatic imine (C=N–C) groups is 1. The van der Waals surface area contributed by atoms with E-state index in [4.69, 9.17) is 23.9 Å². The van der Waals surface area contributed by atoms with Gasteiger partial charge >= 0.3 is 5.97 Å². The number of piperidine rings is 2. The summed E-state index contributed by atoms with van der Waals surface area (Å²) in [6.45, 7) is 3.68. The van der Waals surface area contributed by atoms with Crippen LogP contribution in [0.15, 0.2) is 29.0 Å². The molecule has 8 nitrogen and oxygen atoms in total. The molecule has 3 aliphatic rings. The van der Waals surface area contributed by atoms with Crippen molar-refractivity contribution in [1.82, 2.24) is 4.90 Å². The zero-order valence-corrected chi connectivity index (χ0v) is 19.4. The zero-order chi connectivity index (χ0) is 23.0. The van der Waals surface area contributed by atoms with E-state index in [-0.39, 0.29) is 23.8 Å². The summed E-state index contributed by atoms with van der Waals surface area (Å²) in [6.07, 6.45) is 3.60. The summed E-state index contributed by atoms with van der Waals surface area (Å²) in [4.78, 5) is 19.8. The molecule has 4 rings (SSSR count). The van der Waals surface area contributed by atoms with Crippen molar-refractivity contribution in [2.45, 2.75) is 37.8 Å². The highest BCUT2D eigenvalue weighted by atomic mass is 16.5. The Morgan fingerprint density at radius 1 is 1.28 bits per heavy atom. The second-order valence-corrected chi connectivity index (χ2v) is 8.62. The summed E-state index contributed by atoms with van der Waals surface area (Å²) >= 11 is 0. The number of rotatable bonds is 6. The van der Waals surface area contributed by atoms with E-state index in [9.17, 15) is 9.90 Å². The van der Waals surface area contributed by atoms with Gasteiger partial charge in [0, 0.05) is 13.1 Å². The number of fused-ring (bicyclic) bond motifs is 5. The minimum atomic E-state index is -1.23. The average molecular weight is 445 g/mol. The smallest absolute Gasteiger partial charge is 0.337 e. The Morgan fingerprint density at radius 2 is 2.06 bits per heavy atom. The predicted octanol–water partition coefficient (Wildman–Crippen LogP) is 2.80. The van der Waals surface area contributed by atoms with E-state index in [0.29, 0.717) is 46.9 Å². The Hall–Kier alpha value is -2.58. The van der Waals surface area contributed by atoms with Crippen molar-refractivity contribution in [3.05, 3.63) is 29.5 Å². The number of esters is 1. The van der Waals surface area contributed by atoms with Gasteiger partial charge in [-0.05, 0) is 36.8 Å². The predicted molar refractivity (Wildman–Crippen MR) is 120 cm³/mol. The number of carbonyl (C=O) groups excluding carboxylic acids is 1. The Labute approximate surface area is 188 Å². The molecular formula is C24H32N2O6. The molecule has 0 aliphatic carbocycles. The lowest BCUT2D eigenvalue weighted by molar-refractivity contribution is -0.137. The number of benzene rings is 1. The summed E-state index contributed by atoms with van der Waals surface area (Å²) in [7, 11) is 6.09. The maximum Gasteiger partial charge on any atom is 0.337 e. The molecule has 32 heavy (non-hydrogen) atoms. The van der Waals surface area contributed by atoms with Crippen LogP contribution >= 0.6 is 0 Å². The molecule has 0 radical (unpaired) electrons. The molecule has 0 aromatic heterocycles. The Kier molecular flexibility index (Phi) is 6.18. The Morgan fingerprint density at radius 3 is 2.69 bits per heavy atom. The third-order valence-corrected chi connectivity index (χ3v) is 7.22. The normalized spacial score (nSPS) is 29.4. The van der Waals surface area contributed by atoms with Crippen LogP contribution in [-0.4, -0.2) is 69.3 Å². The average Bonchev–Trinajstić information content (AvgIpc) is 3.13. The number of nitrogens with zero attached hydrogens (tertiary/aromatic N) is 2. The number of ether oxygens (including phenoxy) is 4. The molecule has 8 heteroatoms. The van der Waals surface area contributed by atoms with Gasteiger partial charge in [-0.15, -0.1) is 0 Å². The van der Waals surface area contributed by atoms with Gasteiger partial charge in [-0.3, -0.25) is 9.89 Å². The second-order valence-electron chi connectivity index (χ2n) is 8.62. The molecule has 1 aromatic carbocycles. The number of aliphatic hydroxyl groups is 1. The van der Waals surface area contributed by atoms with Crippen LogP contribution in [-0.2, 0) is 19.9 Å². The second kappa shape index (κ2) is 8.75. The van der Waals surface area contributed by atoms with Crippen LogP contribution in [0, 0.1) is 11.8 Å². The van der Waals surface area contributed by atoms with Crippen LogP contribution in [0.5, 0.6) is 11.5 Å². The van der Waals surface area contributed by atoms with Crippen molar-refractivity contribution in [3.8, 4) is 11.5 Å². The van der Waals surface area contributed by atoms with Gasteiger partial charge < -0.3 is 24.1 Å². The van der Waals surface area contributed by atoms with Crippen LogP contribution in [0.4, 0.5) is 5.69 Å². The van der Waals surface area contributed by atoms with E-state index in [2.05, 4.69) is 11.8 Å². The van der Waals surface area contributed by atoms with E-state index in [1.807, 2.05) is 12.1 Å². The lowest BCUT2D eigenvalue weighted by Crippen LogP contribution is -2.60. The van der Waals surface area contributed by atoms with E-state index >= 15 is 0 Å². The summed E-state index contributed by atoms with van der Waals surface area (Å²) < 4.78 is 21.4. The lowest BCUT2D eigenvalue weighted by Gasteiger charge is -2.50. The maximum absolute atomic E-state index is 12.6. The number of methoxy groups -OCH3 is 4. The van der Waals surface area contributed by atoms with E-state index in [1.54, 1.807) is 14.2 Å². The molecule has 0 saturated carbocycles. The minimum Gasteiger partial charge on any atom is -0.504 e. The van der Waals surface area contributed by atoms with Gasteiger partial charge in [-0.25, -0.2) is 4.79 Å². The van der Waals surface area contributed by atoms with E-state index in [0.717, 1.165) is 19.5 Å². The molecule has 0 unspecified atom stereocenters. The maximum atomic E-state index is 12.6. The third kappa shape index (κ3) is 3.36. The first-order valence-corrected chi connectivity index (χ1v) is 11.1. The van der Waals surface area contributed by atoms with Gasteiger partial charge in [0.2, 0.25) is 0 Å². The van der Waals surface area contributed by atoms with Gasteiger partial charge in [0.1, 0.15) is 5.60 Å². The molecule has 2 fully saturated rings. The molecule has 0 amide bonds. The van der Waals surface area contributed by atoms with Gasteiger partial charge in [-0.2, -0.15) is 0 Å². The first kappa shape index (κ1) is 22.6. The summed E-state index contributed by atoms with van der Waals surface area (Å²) in [5.41, 5.74) is 1.40. The monoisotopic (exact) mass is 444 g/mol. The van der Waals surface area contributed by atoms with Gasteiger partial charge in [-0.1, -0.05) is 13.3 Å². The molecule has 1 aromatic rings. The molecule has 1 N–H and O–H groups in total. The van der Waals surface area contributed by atoms with Crippen LogP contribution in [0.25, 0.3) is 0 Å². The summed E-state index contributed by atoms with van der Waals surface area (Å²) in [5, 5.41) is 11.9. The highest BCUT2D eigenvalue weighted by Crippen LogP contribution is 2.53. The summed E-state index contributed by atoms with van der Waals surface area (Å²) in [6, 6.07) is 3.58. The molecule has 2 saturated heterocycles. The third-order valence-electron chi connectivity index (χ3n) is 7.22. The fourth-order valence-electron chi connectivity index (χ4n) is 5.66. The number of hydrogen-bond donors (Lipinski definition) is 1. The molecule has 3 aliphatic heterocycles. The minimum absolute atomic E-state index is 0.0566. The van der Waals surface area contributed by atoms with Gasteiger partial charge in [0.05, 0.1) is 63.3 Å². The van der Waals surface area contributed by atoms with Crippen LogP contribution in [0.3, 0.4) is 0 Å². The molecule has 0 bridgehead atoms. The fraction of sp³-hybridized carbons (Fsp3) is 0.583. The quantitative estimate of drug-likeness (QED) is 0.410. The van der Waals surface area contributed by atoms with Crippen LogP contribution in [0.1, 0.15) is 31.7 Å².